The predicted molar refractivity (Wildman–Crippen MR) is 133 cm³/mol. The van der Waals surface area contributed by atoms with E-state index in [1.807, 2.05) is 55.5 Å². The highest BCUT2D eigenvalue weighted by Gasteiger charge is 2.15. The predicted octanol–water partition coefficient (Wildman–Crippen LogP) is 4.76. The van der Waals surface area contributed by atoms with Crippen molar-refractivity contribution in [2.24, 2.45) is 0 Å². The molecule has 3 aromatic carbocycles. The topological polar surface area (TPSA) is 73.2 Å². The van der Waals surface area contributed by atoms with Gasteiger partial charge in [0.2, 0.25) is 5.91 Å². The molecule has 1 amide bonds. The molecular weight excluding hydrogens is 458 g/mol. The number of rotatable bonds is 7. The van der Waals surface area contributed by atoms with Crippen molar-refractivity contribution in [3.63, 3.8) is 0 Å². The van der Waals surface area contributed by atoms with Gasteiger partial charge in [-0.15, -0.1) is 0 Å². The van der Waals surface area contributed by atoms with Crippen molar-refractivity contribution in [3.05, 3.63) is 93.2 Å². The van der Waals surface area contributed by atoms with E-state index in [9.17, 15) is 9.59 Å². The van der Waals surface area contributed by atoms with Crippen LogP contribution in [-0.2, 0) is 11.3 Å². The van der Waals surface area contributed by atoms with Gasteiger partial charge < -0.3 is 10.1 Å². The number of thioether (sulfide) groups is 1. The zero-order valence-electron chi connectivity index (χ0n) is 18.2. The number of fused-ring (bicyclic) bond motifs is 1. The van der Waals surface area contributed by atoms with Crippen LogP contribution >= 0.6 is 23.4 Å². The molecule has 0 aliphatic carbocycles. The van der Waals surface area contributed by atoms with Crippen LogP contribution in [0.25, 0.3) is 16.6 Å². The lowest BCUT2D eigenvalue weighted by atomic mass is 10.2. The van der Waals surface area contributed by atoms with Crippen LogP contribution in [0.3, 0.4) is 0 Å². The SMILES string of the molecule is COc1ccc(CNC(=O)CSc2nc3cc(Cl)ccc3c(=O)n2-c2cccc(C)c2)cc1. The van der Waals surface area contributed by atoms with Gasteiger partial charge in [0.1, 0.15) is 5.75 Å². The molecule has 4 rings (SSSR count). The molecule has 168 valence electrons. The van der Waals surface area contributed by atoms with E-state index in [4.69, 9.17) is 16.3 Å². The molecule has 0 atom stereocenters. The van der Waals surface area contributed by atoms with Crippen LogP contribution in [0.4, 0.5) is 0 Å². The first-order valence-electron chi connectivity index (χ1n) is 10.3. The highest BCUT2D eigenvalue weighted by atomic mass is 35.5. The molecule has 0 aliphatic rings. The Labute approximate surface area is 200 Å². The van der Waals surface area contributed by atoms with Crippen LogP contribution in [0, 0.1) is 6.92 Å². The molecule has 0 radical (unpaired) electrons. The van der Waals surface area contributed by atoms with Crippen molar-refractivity contribution in [1.82, 2.24) is 14.9 Å². The summed E-state index contributed by atoms with van der Waals surface area (Å²) in [4.78, 5) is 30.5. The lowest BCUT2D eigenvalue weighted by molar-refractivity contribution is -0.118. The van der Waals surface area contributed by atoms with Crippen molar-refractivity contribution in [2.75, 3.05) is 12.9 Å². The number of nitrogens with one attached hydrogen (secondary N) is 1. The van der Waals surface area contributed by atoms with Crippen molar-refractivity contribution < 1.29 is 9.53 Å². The van der Waals surface area contributed by atoms with Gasteiger partial charge in [0, 0.05) is 11.6 Å². The molecule has 33 heavy (non-hydrogen) atoms. The number of aromatic nitrogens is 2. The van der Waals surface area contributed by atoms with E-state index in [2.05, 4.69) is 10.3 Å². The van der Waals surface area contributed by atoms with Gasteiger partial charge in [-0.2, -0.15) is 0 Å². The number of carbonyl (C=O) groups excluding carboxylic acids is 1. The fourth-order valence-electron chi connectivity index (χ4n) is 3.36. The van der Waals surface area contributed by atoms with Crippen molar-refractivity contribution in [1.29, 1.82) is 0 Å². The molecular formula is C25H22ClN3O3S. The first kappa shape index (κ1) is 22.9. The van der Waals surface area contributed by atoms with E-state index < -0.39 is 0 Å². The lowest BCUT2D eigenvalue weighted by Crippen LogP contribution is -2.26. The number of hydrogen-bond donors (Lipinski definition) is 1. The molecule has 1 N–H and O–H groups in total. The summed E-state index contributed by atoms with van der Waals surface area (Å²) in [7, 11) is 1.61. The Hall–Kier alpha value is -3.29. The number of nitrogens with zero attached hydrogens (tertiary/aromatic N) is 2. The minimum atomic E-state index is -0.205. The average molecular weight is 480 g/mol. The number of benzene rings is 3. The van der Waals surface area contributed by atoms with Gasteiger partial charge in [0.15, 0.2) is 5.16 Å². The maximum atomic E-state index is 13.3. The lowest BCUT2D eigenvalue weighted by Gasteiger charge is -2.14. The maximum absolute atomic E-state index is 13.3. The third-order valence-corrected chi connectivity index (χ3v) is 6.22. The van der Waals surface area contributed by atoms with E-state index in [1.54, 1.807) is 29.9 Å². The average Bonchev–Trinajstić information content (AvgIpc) is 2.81. The summed E-state index contributed by atoms with van der Waals surface area (Å²) in [6.07, 6.45) is 0. The van der Waals surface area contributed by atoms with E-state index >= 15 is 0 Å². The smallest absolute Gasteiger partial charge is 0.266 e. The second-order valence-corrected chi connectivity index (χ2v) is 8.83. The van der Waals surface area contributed by atoms with E-state index in [-0.39, 0.29) is 17.2 Å². The van der Waals surface area contributed by atoms with Crippen molar-refractivity contribution >= 4 is 40.2 Å². The highest BCUT2D eigenvalue weighted by Crippen LogP contribution is 2.23. The minimum absolute atomic E-state index is 0.112. The Morgan fingerprint density at radius 3 is 2.64 bits per heavy atom. The highest BCUT2D eigenvalue weighted by molar-refractivity contribution is 7.99. The number of hydrogen-bond acceptors (Lipinski definition) is 5. The number of halogens is 1. The summed E-state index contributed by atoms with van der Waals surface area (Å²) in [6.45, 7) is 2.36. The minimum Gasteiger partial charge on any atom is -0.497 e. The van der Waals surface area contributed by atoms with Gasteiger partial charge in [0.05, 0.1) is 29.5 Å². The molecule has 0 aliphatic heterocycles. The van der Waals surface area contributed by atoms with Gasteiger partial charge in [0.25, 0.3) is 5.56 Å². The van der Waals surface area contributed by atoms with E-state index in [1.165, 1.54) is 11.8 Å². The molecule has 0 bridgehead atoms. The van der Waals surface area contributed by atoms with Crippen molar-refractivity contribution in [3.8, 4) is 11.4 Å². The van der Waals surface area contributed by atoms with Gasteiger partial charge in [-0.1, -0.05) is 47.6 Å². The van der Waals surface area contributed by atoms with Crippen LogP contribution in [0.15, 0.2) is 76.7 Å². The third kappa shape index (κ3) is 5.38. The van der Waals surface area contributed by atoms with Crippen LogP contribution in [0.1, 0.15) is 11.1 Å². The van der Waals surface area contributed by atoms with Gasteiger partial charge in [-0.25, -0.2) is 4.98 Å². The molecule has 8 heteroatoms. The third-order valence-electron chi connectivity index (χ3n) is 5.04. The Balaban J connectivity index is 1.58. The Bertz CT molecular complexity index is 1370. The molecule has 0 saturated heterocycles. The Morgan fingerprint density at radius 2 is 1.91 bits per heavy atom. The van der Waals surface area contributed by atoms with Crippen LogP contribution in [0.2, 0.25) is 5.02 Å². The number of carbonyl (C=O) groups is 1. The fourth-order valence-corrected chi connectivity index (χ4v) is 4.36. The number of amides is 1. The molecule has 1 aromatic heterocycles. The van der Waals surface area contributed by atoms with Crippen molar-refractivity contribution in [2.45, 2.75) is 18.6 Å². The summed E-state index contributed by atoms with van der Waals surface area (Å²) in [5.41, 5.74) is 2.97. The van der Waals surface area contributed by atoms with Gasteiger partial charge in [-0.05, 0) is 60.5 Å². The molecule has 4 aromatic rings. The van der Waals surface area contributed by atoms with E-state index in [0.717, 1.165) is 16.9 Å². The molecule has 0 unspecified atom stereocenters. The Morgan fingerprint density at radius 1 is 1.12 bits per heavy atom. The molecule has 0 saturated carbocycles. The van der Waals surface area contributed by atoms with Crippen LogP contribution in [-0.4, -0.2) is 28.3 Å². The van der Waals surface area contributed by atoms with Gasteiger partial charge in [-0.3, -0.25) is 14.2 Å². The molecule has 0 fully saturated rings. The first-order valence-corrected chi connectivity index (χ1v) is 11.6. The summed E-state index contributed by atoms with van der Waals surface area (Å²) >= 11 is 7.33. The number of aryl methyl sites for hydroxylation is 1. The van der Waals surface area contributed by atoms with Gasteiger partial charge >= 0.3 is 0 Å². The standard InChI is InChI=1S/C25H22ClN3O3S/c1-16-4-3-5-19(12-16)29-24(31)21-11-8-18(26)13-22(21)28-25(29)33-15-23(30)27-14-17-6-9-20(32-2)10-7-17/h3-13H,14-15H2,1-2H3,(H,27,30). The second kappa shape index (κ2) is 10.1. The summed E-state index contributed by atoms with van der Waals surface area (Å²) in [5, 5.41) is 4.29. The number of methoxy groups -OCH3 is 1. The monoisotopic (exact) mass is 479 g/mol. The molecule has 1 heterocycles. The van der Waals surface area contributed by atoms with Crippen LogP contribution < -0.4 is 15.6 Å². The quantitative estimate of drug-likeness (QED) is 0.305. The zero-order valence-corrected chi connectivity index (χ0v) is 19.7. The zero-order chi connectivity index (χ0) is 23.4. The Kier molecular flexibility index (Phi) is 7.01. The molecule has 0 spiro atoms. The maximum Gasteiger partial charge on any atom is 0.266 e. The van der Waals surface area contributed by atoms with Crippen LogP contribution in [0.5, 0.6) is 5.75 Å². The fraction of sp³-hybridized carbons (Fsp3) is 0.160. The summed E-state index contributed by atoms with van der Waals surface area (Å²) < 4.78 is 6.70. The van der Waals surface area contributed by atoms with E-state index in [0.29, 0.717) is 33.3 Å². The second-order valence-electron chi connectivity index (χ2n) is 7.45. The first-order chi connectivity index (χ1) is 15.9. The summed E-state index contributed by atoms with van der Waals surface area (Å²) in [5.74, 6) is 0.713. The summed E-state index contributed by atoms with van der Waals surface area (Å²) in [6, 6.07) is 20.1. The normalized spacial score (nSPS) is 10.9. The number of ether oxygens (including phenoxy) is 1. The molecule has 6 nitrogen and oxygen atoms in total. The largest absolute Gasteiger partial charge is 0.497 e.